The second kappa shape index (κ2) is 5.34. The Morgan fingerprint density at radius 3 is 2.75 bits per heavy atom. The maximum Gasteiger partial charge on any atom is 0.433 e. The van der Waals surface area contributed by atoms with Crippen LogP contribution in [-0.4, -0.2) is 21.9 Å². The third kappa shape index (κ3) is 3.84. The van der Waals surface area contributed by atoms with Crippen LogP contribution in [0, 0.1) is 0 Å². The van der Waals surface area contributed by atoms with E-state index in [1.807, 2.05) is 0 Å². The van der Waals surface area contributed by atoms with Crippen LogP contribution in [-0.2, 0) is 6.18 Å². The third-order valence-electron chi connectivity index (χ3n) is 1.86. The summed E-state index contributed by atoms with van der Waals surface area (Å²) >= 11 is 5.51. The minimum absolute atomic E-state index is 0.0348. The fourth-order valence-corrected chi connectivity index (χ4v) is 1.37. The number of hydrogen-bond acceptors (Lipinski definition) is 3. The minimum atomic E-state index is -4.45. The average molecular weight is 254 g/mol. The molecule has 0 spiro atoms. The summed E-state index contributed by atoms with van der Waals surface area (Å²) in [4.78, 5) is 7.09. The van der Waals surface area contributed by atoms with E-state index in [1.54, 1.807) is 6.92 Å². The van der Waals surface area contributed by atoms with Crippen molar-refractivity contribution >= 4 is 17.5 Å². The van der Waals surface area contributed by atoms with Gasteiger partial charge in [-0.15, -0.1) is 11.6 Å². The van der Waals surface area contributed by atoms with E-state index in [-0.39, 0.29) is 12.0 Å². The molecular formula is C9H11ClF3N3. The number of hydrogen-bond donors (Lipinski definition) is 1. The molecule has 0 aliphatic carbocycles. The van der Waals surface area contributed by atoms with Crippen molar-refractivity contribution in [3.8, 4) is 0 Å². The summed E-state index contributed by atoms with van der Waals surface area (Å²) < 4.78 is 36.9. The van der Waals surface area contributed by atoms with Gasteiger partial charge in [-0.05, 0) is 19.4 Å². The monoisotopic (exact) mass is 253 g/mol. The van der Waals surface area contributed by atoms with Gasteiger partial charge in [-0.25, -0.2) is 9.97 Å². The van der Waals surface area contributed by atoms with Gasteiger partial charge in [0.15, 0.2) is 0 Å². The van der Waals surface area contributed by atoms with Gasteiger partial charge in [-0.1, -0.05) is 0 Å². The SMILES string of the molecule is CC(CCCl)Nc1nccc(C(F)(F)F)n1. The summed E-state index contributed by atoms with van der Waals surface area (Å²) in [6.07, 6.45) is -2.75. The molecule has 0 aliphatic rings. The topological polar surface area (TPSA) is 37.8 Å². The van der Waals surface area contributed by atoms with Gasteiger partial charge >= 0.3 is 6.18 Å². The molecular weight excluding hydrogens is 243 g/mol. The predicted molar refractivity (Wildman–Crippen MR) is 55.5 cm³/mol. The second-order valence-electron chi connectivity index (χ2n) is 3.29. The summed E-state index contributed by atoms with van der Waals surface area (Å²) in [5.41, 5.74) is -0.955. The Labute approximate surface area is 96.0 Å². The van der Waals surface area contributed by atoms with Crippen molar-refractivity contribution in [2.24, 2.45) is 0 Å². The van der Waals surface area contributed by atoms with Crippen molar-refractivity contribution in [1.82, 2.24) is 9.97 Å². The van der Waals surface area contributed by atoms with Crippen LogP contribution in [0.4, 0.5) is 19.1 Å². The third-order valence-corrected chi connectivity index (χ3v) is 2.08. The molecule has 0 amide bonds. The molecule has 90 valence electrons. The van der Waals surface area contributed by atoms with Crippen LogP contribution in [0.25, 0.3) is 0 Å². The number of alkyl halides is 4. The van der Waals surface area contributed by atoms with Gasteiger partial charge in [0.05, 0.1) is 0 Å². The van der Waals surface area contributed by atoms with Gasteiger partial charge in [-0.2, -0.15) is 13.2 Å². The first-order chi connectivity index (χ1) is 7.43. The number of nitrogens with zero attached hydrogens (tertiary/aromatic N) is 2. The van der Waals surface area contributed by atoms with E-state index in [1.165, 1.54) is 0 Å². The molecule has 0 radical (unpaired) electrons. The molecule has 1 unspecified atom stereocenters. The average Bonchev–Trinajstić information content (AvgIpc) is 2.17. The summed E-state index contributed by atoms with van der Waals surface area (Å²) in [6, 6.07) is 0.762. The van der Waals surface area contributed by atoms with Crippen molar-refractivity contribution in [2.75, 3.05) is 11.2 Å². The Morgan fingerprint density at radius 2 is 2.19 bits per heavy atom. The highest BCUT2D eigenvalue weighted by Crippen LogP contribution is 2.27. The Balaban J connectivity index is 2.75. The molecule has 1 N–H and O–H groups in total. The maximum atomic E-state index is 12.3. The predicted octanol–water partition coefficient (Wildman–Crippen LogP) is 2.92. The van der Waals surface area contributed by atoms with Gasteiger partial charge in [-0.3, -0.25) is 0 Å². The van der Waals surface area contributed by atoms with E-state index in [0.29, 0.717) is 12.3 Å². The Morgan fingerprint density at radius 1 is 1.50 bits per heavy atom. The second-order valence-corrected chi connectivity index (χ2v) is 3.66. The zero-order chi connectivity index (χ0) is 12.2. The Bertz CT molecular complexity index is 343. The number of aromatic nitrogens is 2. The Hall–Kier alpha value is -1.04. The van der Waals surface area contributed by atoms with E-state index in [4.69, 9.17) is 11.6 Å². The molecule has 0 bridgehead atoms. The van der Waals surface area contributed by atoms with Crippen LogP contribution < -0.4 is 5.32 Å². The lowest BCUT2D eigenvalue weighted by Gasteiger charge is -2.13. The van der Waals surface area contributed by atoms with Crippen LogP contribution >= 0.6 is 11.6 Å². The largest absolute Gasteiger partial charge is 0.433 e. The standard InChI is InChI=1S/C9H11ClF3N3/c1-6(2-4-10)15-8-14-5-3-7(16-8)9(11,12)13/h3,5-6H,2,4H2,1H3,(H,14,15,16). The van der Waals surface area contributed by atoms with E-state index in [9.17, 15) is 13.2 Å². The Kier molecular flexibility index (Phi) is 4.35. The molecule has 1 rings (SSSR count). The molecule has 3 nitrogen and oxygen atoms in total. The summed E-state index contributed by atoms with van der Waals surface area (Å²) in [5.74, 6) is 0.389. The molecule has 16 heavy (non-hydrogen) atoms. The zero-order valence-corrected chi connectivity index (χ0v) is 9.31. The van der Waals surface area contributed by atoms with Gasteiger partial charge in [0.2, 0.25) is 5.95 Å². The van der Waals surface area contributed by atoms with Gasteiger partial charge in [0, 0.05) is 18.1 Å². The molecule has 1 aromatic rings. The molecule has 0 fully saturated rings. The number of halogens is 4. The summed E-state index contributed by atoms with van der Waals surface area (Å²) in [6.45, 7) is 1.80. The summed E-state index contributed by atoms with van der Waals surface area (Å²) in [5, 5.41) is 2.75. The molecule has 0 saturated heterocycles. The lowest BCUT2D eigenvalue weighted by atomic mass is 10.3. The first-order valence-corrected chi connectivity index (χ1v) is 5.19. The molecule has 0 saturated carbocycles. The number of rotatable bonds is 4. The molecule has 7 heteroatoms. The first kappa shape index (κ1) is 13.0. The molecule has 1 heterocycles. The first-order valence-electron chi connectivity index (χ1n) is 4.66. The van der Waals surface area contributed by atoms with Crippen molar-refractivity contribution < 1.29 is 13.2 Å². The van der Waals surface area contributed by atoms with Crippen LogP contribution in [0.1, 0.15) is 19.0 Å². The smallest absolute Gasteiger partial charge is 0.352 e. The van der Waals surface area contributed by atoms with Crippen molar-refractivity contribution in [3.63, 3.8) is 0 Å². The molecule has 1 atom stereocenters. The van der Waals surface area contributed by atoms with Crippen LogP contribution in [0.5, 0.6) is 0 Å². The highest BCUT2D eigenvalue weighted by Gasteiger charge is 2.32. The fourth-order valence-electron chi connectivity index (χ4n) is 1.04. The number of anilines is 1. The van der Waals surface area contributed by atoms with Gasteiger partial charge < -0.3 is 5.32 Å². The normalized spacial score (nSPS) is 13.6. The molecule has 0 aromatic carbocycles. The van der Waals surface area contributed by atoms with Crippen LogP contribution in [0.2, 0.25) is 0 Å². The lowest BCUT2D eigenvalue weighted by molar-refractivity contribution is -0.141. The van der Waals surface area contributed by atoms with Crippen LogP contribution in [0.15, 0.2) is 12.3 Å². The fraction of sp³-hybridized carbons (Fsp3) is 0.556. The highest BCUT2D eigenvalue weighted by molar-refractivity contribution is 6.17. The van der Waals surface area contributed by atoms with Crippen molar-refractivity contribution in [1.29, 1.82) is 0 Å². The molecule has 0 aliphatic heterocycles. The maximum absolute atomic E-state index is 12.3. The van der Waals surface area contributed by atoms with Gasteiger partial charge in [0.25, 0.3) is 0 Å². The minimum Gasteiger partial charge on any atom is -0.352 e. The van der Waals surface area contributed by atoms with E-state index < -0.39 is 11.9 Å². The van der Waals surface area contributed by atoms with Crippen LogP contribution in [0.3, 0.4) is 0 Å². The van der Waals surface area contributed by atoms with Crippen molar-refractivity contribution in [2.45, 2.75) is 25.6 Å². The molecule has 1 aromatic heterocycles. The highest BCUT2D eigenvalue weighted by atomic mass is 35.5. The van der Waals surface area contributed by atoms with E-state index in [2.05, 4.69) is 15.3 Å². The van der Waals surface area contributed by atoms with Crippen molar-refractivity contribution in [3.05, 3.63) is 18.0 Å². The van der Waals surface area contributed by atoms with Gasteiger partial charge in [0.1, 0.15) is 5.69 Å². The lowest BCUT2D eigenvalue weighted by Crippen LogP contribution is -2.19. The van der Waals surface area contributed by atoms with E-state index in [0.717, 1.165) is 12.3 Å². The number of nitrogens with one attached hydrogen (secondary N) is 1. The summed E-state index contributed by atoms with van der Waals surface area (Å²) in [7, 11) is 0. The zero-order valence-electron chi connectivity index (χ0n) is 8.55. The quantitative estimate of drug-likeness (QED) is 0.839. The van der Waals surface area contributed by atoms with E-state index >= 15 is 0 Å².